The molecule has 3 rings (SSSR count). The molecule has 13 heavy (non-hydrogen) atoms. The third kappa shape index (κ3) is 0.833. The van der Waals surface area contributed by atoms with Crippen LogP contribution >= 0.6 is 11.6 Å². The lowest BCUT2D eigenvalue weighted by Crippen LogP contribution is -1.94. The second-order valence-electron chi connectivity index (χ2n) is 4.47. The number of para-hydroxylation sites is 1. The summed E-state index contributed by atoms with van der Waals surface area (Å²) in [4.78, 5) is 0. The lowest BCUT2D eigenvalue weighted by Gasteiger charge is -2.10. The van der Waals surface area contributed by atoms with Crippen molar-refractivity contribution >= 4 is 11.6 Å². The molecule has 0 spiro atoms. The van der Waals surface area contributed by atoms with Crippen molar-refractivity contribution in [2.24, 2.45) is 11.3 Å². The molecule has 2 saturated carbocycles. The number of halogens is 1. The van der Waals surface area contributed by atoms with Crippen LogP contribution in [-0.2, 0) is 0 Å². The van der Waals surface area contributed by atoms with Gasteiger partial charge in [0, 0.05) is 0 Å². The zero-order chi connectivity index (χ0) is 9.22. The Morgan fingerprint density at radius 2 is 2.23 bits per heavy atom. The molecular formula is C11H11ClO. The van der Waals surface area contributed by atoms with Gasteiger partial charge in [-0.15, -0.1) is 0 Å². The van der Waals surface area contributed by atoms with Gasteiger partial charge in [0.1, 0.15) is 5.75 Å². The SMILES string of the molecule is C[C@]12CC1[C@H]2c1cccc(Cl)c1O. The summed E-state index contributed by atoms with van der Waals surface area (Å²) >= 11 is 5.84. The molecule has 2 aliphatic rings. The van der Waals surface area contributed by atoms with E-state index in [2.05, 4.69) is 6.92 Å². The molecule has 0 saturated heterocycles. The van der Waals surface area contributed by atoms with E-state index in [1.165, 1.54) is 6.42 Å². The Morgan fingerprint density at radius 1 is 1.54 bits per heavy atom. The zero-order valence-corrected chi connectivity index (χ0v) is 8.17. The summed E-state index contributed by atoms with van der Waals surface area (Å²) in [5, 5.41) is 10.2. The van der Waals surface area contributed by atoms with Crippen LogP contribution in [0.4, 0.5) is 0 Å². The van der Waals surface area contributed by atoms with E-state index in [0.29, 0.717) is 22.1 Å². The number of phenols is 1. The predicted molar refractivity (Wildman–Crippen MR) is 52.1 cm³/mol. The van der Waals surface area contributed by atoms with Crippen molar-refractivity contribution in [3.63, 3.8) is 0 Å². The monoisotopic (exact) mass is 194 g/mol. The van der Waals surface area contributed by atoms with Crippen LogP contribution in [0.1, 0.15) is 24.8 Å². The molecule has 1 aromatic rings. The first-order valence-electron chi connectivity index (χ1n) is 4.62. The number of rotatable bonds is 1. The van der Waals surface area contributed by atoms with E-state index in [-0.39, 0.29) is 0 Å². The minimum absolute atomic E-state index is 0.294. The van der Waals surface area contributed by atoms with Crippen molar-refractivity contribution in [3.05, 3.63) is 28.8 Å². The van der Waals surface area contributed by atoms with Gasteiger partial charge < -0.3 is 5.11 Å². The predicted octanol–water partition coefficient (Wildman–Crippen LogP) is 3.17. The highest BCUT2D eigenvalue weighted by Crippen LogP contribution is 2.84. The van der Waals surface area contributed by atoms with Crippen LogP contribution in [0.5, 0.6) is 5.75 Å². The van der Waals surface area contributed by atoms with Crippen LogP contribution in [0.3, 0.4) is 0 Å². The van der Waals surface area contributed by atoms with Crippen LogP contribution in [0.25, 0.3) is 0 Å². The lowest BCUT2D eigenvalue weighted by atomic mass is 9.97. The van der Waals surface area contributed by atoms with Crippen molar-refractivity contribution in [2.45, 2.75) is 19.3 Å². The normalized spacial score (nSPS) is 39.8. The molecule has 0 aromatic heterocycles. The van der Waals surface area contributed by atoms with Gasteiger partial charge in [0.2, 0.25) is 0 Å². The summed E-state index contributed by atoms with van der Waals surface area (Å²) < 4.78 is 0. The van der Waals surface area contributed by atoms with Gasteiger partial charge in [-0.25, -0.2) is 0 Å². The standard InChI is InChI=1S/C11H11ClO/c1-11-5-7(11)9(11)6-3-2-4-8(12)10(6)13/h2-4,7,9,13H,5H2,1H3/t7?,9-,11+/m1/s1. The second-order valence-corrected chi connectivity index (χ2v) is 4.88. The van der Waals surface area contributed by atoms with Gasteiger partial charge >= 0.3 is 0 Å². The molecule has 2 heteroatoms. The van der Waals surface area contributed by atoms with Gasteiger partial charge in [-0.1, -0.05) is 30.7 Å². The molecule has 1 unspecified atom stereocenters. The van der Waals surface area contributed by atoms with Crippen LogP contribution in [0.15, 0.2) is 18.2 Å². The van der Waals surface area contributed by atoms with Crippen LogP contribution in [-0.4, -0.2) is 5.11 Å². The average Bonchev–Trinajstić information content (AvgIpc) is 2.87. The fraction of sp³-hybridized carbons (Fsp3) is 0.455. The number of phenolic OH excluding ortho intramolecular Hbond substituents is 1. The van der Waals surface area contributed by atoms with Crippen LogP contribution in [0, 0.1) is 11.3 Å². The van der Waals surface area contributed by atoms with Crippen molar-refractivity contribution in [1.82, 2.24) is 0 Å². The third-order valence-electron chi connectivity index (χ3n) is 3.70. The number of fused-ring (bicyclic) bond motifs is 1. The molecule has 2 fully saturated rings. The highest BCUT2D eigenvalue weighted by atomic mass is 35.5. The van der Waals surface area contributed by atoms with Gasteiger partial charge in [-0.05, 0) is 35.3 Å². The molecule has 0 heterocycles. The van der Waals surface area contributed by atoms with Gasteiger partial charge in [-0.2, -0.15) is 0 Å². The minimum atomic E-state index is 0.294. The van der Waals surface area contributed by atoms with Gasteiger partial charge in [0.25, 0.3) is 0 Å². The molecule has 0 radical (unpaired) electrons. The van der Waals surface area contributed by atoms with E-state index in [9.17, 15) is 5.11 Å². The second kappa shape index (κ2) is 2.03. The van der Waals surface area contributed by atoms with E-state index in [0.717, 1.165) is 11.5 Å². The fourth-order valence-corrected chi connectivity index (χ4v) is 2.70. The van der Waals surface area contributed by atoms with Crippen molar-refractivity contribution in [3.8, 4) is 5.75 Å². The highest BCUT2D eigenvalue weighted by molar-refractivity contribution is 6.32. The molecule has 2 aliphatic carbocycles. The molecule has 1 nitrogen and oxygen atoms in total. The molecule has 0 aliphatic heterocycles. The van der Waals surface area contributed by atoms with Crippen molar-refractivity contribution in [1.29, 1.82) is 0 Å². The lowest BCUT2D eigenvalue weighted by molar-refractivity contribution is 0.460. The maximum atomic E-state index is 9.73. The molecule has 0 amide bonds. The van der Waals surface area contributed by atoms with Gasteiger partial charge in [0.15, 0.2) is 0 Å². The van der Waals surface area contributed by atoms with Gasteiger partial charge in [0.05, 0.1) is 5.02 Å². The van der Waals surface area contributed by atoms with E-state index >= 15 is 0 Å². The maximum Gasteiger partial charge on any atom is 0.137 e. The minimum Gasteiger partial charge on any atom is -0.506 e. The van der Waals surface area contributed by atoms with E-state index in [1.54, 1.807) is 6.07 Å². The first-order valence-corrected chi connectivity index (χ1v) is 5.00. The largest absolute Gasteiger partial charge is 0.506 e. The number of aromatic hydroxyl groups is 1. The van der Waals surface area contributed by atoms with Crippen molar-refractivity contribution < 1.29 is 5.11 Å². The summed E-state index contributed by atoms with van der Waals surface area (Å²) in [5.74, 6) is 1.69. The number of benzene rings is 1. The fourth-order valence-electron chi connectivity index (χ4n) is 2.51. The first kappa shape index (κ1) is 7.69. The van der Waals surface area contributed by atoms with Gasteiger partial charge in [-0.3, -0.25) is 0 Å². The molecule has 3 atom stereocenters. The topological polar surface area (TPSA) is 20.2 Å². The first-order chi connectivity index (χ1) is 6.14. The summed E-state index contributed by atoms with van der Waals surface area (Å²) in [6.07, 6.45) is 1.32. The van der Waals surface area contributed by atoms with E-state index in [1.807, 2.05) is 12.1 Å². The molecule has 1 aromatic carbocycles. The smallest absolute Gasteiger partial charge is 0.137 e. The highest BCUT2D eigenvalue weighted by Gasteiger charge is 2.75. The molecule has 68 valence electrons. The Bertz CT molecular complexity index is 388. The third-order valence-corrected chi connectivity index (χ3v) is 4.01. The molecule has 0 bridgehead atoms. The molecule has 1 N–H and O–H groups in total. The Kier molecular flexibility index (Phi) is 1.20. The summed E-state index contributed by atoms with van der Waals surface area (Å²) in [5.41, 5.74) is 1.55. The Labute approximate surface area is 82.3 Å². The summed E-state index contributed by atoms with van der Waals surface area (Å²) in [7, 11) is 0. The van der Waals surface area contributed by atoms with Crippen LogP contribution < -0.4 is 0 Å². The quantitative estimate of drug-likeness (QED) is 0.728. The Hall–Kier alpha value is -0.690. The Morgan fingerprint density at radius 3 is 2.77 bits per heavy atom. The Balaban J connectivity index is 2.02. The zero-order valence-electron chi connectivity index (χ0n) is 7.42. The van der Waals surface area contributed by atoms with E-state index < -0.39 is 0 Å². The maximum absolute atomic E-state index is 9.73. The molecular weight excluding hydrogens is 184 g/mol. The van der Waals surface area contributed by atoms with Crippen LogP contribution in [0.2, 0.25) is 5.02 Å². The number of hydrogen-bond donors (Lipinski definition) is 1. The number of hydrogen-bond acceptors (Lipinski definition) is 1. The van der Waals surface area contributed by atoms with Crippen molar-refractivity contribution in [2.75, 3.05) is 0 Å². The summed E-state index contributed by atoms with van der Waals surface area (Å²) in [6, 6.07) is 5.64. The summed E-state index contributed by atoms with van der Waals surface area (Å²) in [6.45, 7) is 2.28. The average molecular weight is 195 g/mol. The van der Waals surface area contributed by atoms with E-state index in [4.69, 9.17) is 11.6 Å².